The molecule has 0 radical (unpaired) electrons. The zero-order chi connectivity index (χ0) is 17.9. The van der Waals surface area contributed by atoms with E-state index in [0.29, 0.717) is 11.9 Å². The van der Waals surface area contributed by atoms with Gasteiger partial charge in [-0.05, 0) is 24.5 Å². The number of ether oxygens (including phenoxy) is 1. The van der Waals surface area contributed by atoms with Crippen LogP contribution in [-0.4, -0.2) is 45.7 Å². The first-order valence-electron chi connectivity index (χ1n) is 9.11. The summed E-state index contributed by atoms with van der Waals surface area (Å²) in [5.74, 6) is 1.30. The molecule has 0 saturated carbocycles. The van der Waals surface area contributed by atoms with E-state index in [4.69, 9.17) is 4.74 Å². The Morgan fingerprint density at radius 1 is 1.15 bits per heavy atom. The lowest BCUT2D eigenvalue weighted by Gasteiger charge is -2.32. The van der Waals surface area contributed by atoms with Crippen molar-refractivity contribution in [1.29, 1.82) is 0 Å². The third-order valence-electron chi connectivity index (χ3n) is 5.16. The highest BCUT2D eigenvalue weighted by atomic mass is 16.5. The number of anilines is 1. The second-order valence-corrected chi connectivity index (χ2v) is 6.89. The second kappa shape index (κ2) is 7.33. The quantitative estimate of drug-likeness (QED) is 0.766. The van der Waals surface area contributed by atoms with E-state index in [-0.39, 0.29) is 0 Å². The number of para-hydroxylation sites is 1. The molecule has 26 heavy (non-hydrogen) atoms. The molecule has 136 valence electrons. The van der Waals surface area contributed by atoms with Crippen molar-refractivity contribution >= 4 is 16.7 Å². The first-order chi connectivity index (χ1) is 12.7. The summed E-state index contributed by atoms with van der Waals surface area (Å²) in [4.78, 5) is 11.1. The number of rotatable bonds is 5. The summed E-state index contributed by atoms with van der Waals surface area (Å²) in [5.41, 5.74) is 2.71. The maximum absolute atomic E-state index is 5.28. The van der Waals surface area contributed by atoms with Crippen LogP contribution >= 0.6 is 0 Å². The van der Waals surface area contributed by atoms with Crippen LogP contribution in [-0.2, 0) is 13.6 Å². The van der Waals surface area contributed by atoms with E-state index in [2.05, 4.69) is 62.3 Å². The third-order valence-corrected chi connectivity index (χ3v) is 5.16. The number of aryl methyl sites for hydroxylation is 1. The predicted molar refractivity (Wildman–Crippen MR) is 103 cm³/mol. The van der Waals surface area contributed by atoms with Crippen molar-refractivity contribution in [3.63, 3.8) is 0 Å². The molecule has 1 saturated heterocycles. The Balaban J connectivity index is 1.38. The number of aromatic nitrogens is 3. The number of benzene rings is 1. The number of likely N-dealkylation sites (tertiary alicyclic amines) is 1. The highest BCUT2D eigenvalue weighted by Gasteiger charge is 2.21. The van der Waals surface area contributed by atoms with Crippen LogP contribution in [0.5, 0.6) is 5.88 Å². The van der Waals surface area contributed by atoms with Crippen molar-refractivity contribution in [2.75, 3.05) is 25.5 Å². The number of hydrogen-bond acceptors (Lipinski definition) is 5. The van der Waals surface area contributed by atoms with Gasteiger partial charge in [-0.3, -0.25) is 4.90 Å². The summed E-state index contributed by atoms with van der Waals surface area (Å²) in [6.45, 7) is 3.15. The Labute approximate surface area is 153 Å². The third kappa shape index (κ3) is 3.37. The molecular weight excluding hydrogens is 326 g/mol. The van der Waals surface area contributed by atoms with E-state index in [1.54, 1.807) is 19.5 Å². The number of fused-ring (bicyclic) bond motifs is 1. The number of nitrogens with one attached hydrogen (secondary N) is 1. The van der Waals surface area contributed by atoms with E-state index in [1.165, 1.54) is 16.5 Å². The fourth-order valence-electron chi connectivity index (χ4n) is 3.79. The highest BCUT2D eigenvalue weighted by Crippen LogP contribution is 2.25. The molecule has 2 aromatic heterocycles. The van der Waals surface area contributed by atoms with Gasteiger partial charge in [-0.2, -0.15) is 0 Å². The molecule has 0 spiro atoms. The van der Waals surface area contributed by atoms with Crippen LogP contribution in [0.2, 0.25) is 0 Å². The lowest BCUT2D eigenvalue weighted by atomic mass is 10.0. The van der Waals surface area contributed by atoms with Gasteiger partial charge in [0.25, 0.3) is 5.88 Å². The van der Waals surface area contributed by atoms with Crippen LogP contribution in [0.4, 0.5) is 5.82 Å². The Kier molecular flexibility index (Phi) is 4.75. The Morgan fingerprint density at radius 3 is 2.73 bits per heavy atom. The Morgan fingerprint density at radius 2 is 1.92 bits per heavy atom. The average molecular weight is 351 g/mol. The minimum absolute atomic E-state index is 0.407. The van der Waals surface area contributed by atoms with E-state index in [9.17, 15) is 0 Å². The number of piperidine rings is 1. The van der Waals surface area contributed by atoms with E-state index in [0.717, 1.165) is 38.3 Å². The summed E-state index contributed by atoms with van der Waals surface area (Å²) in [6, 6.07) is 9.03. The van der Waals surface area contributed by atoms with Gasteiger partial charge in [0, 0.05) is 62.2 Å². The number of methoxy groups -OCH3 is 1. The molecule has 6 heteroatoms. The fraction of sp³-hybridized carbons (Fsp3) is 0.400. The summed E-state index contributed by atoms with van der Waals surface area (Å²) in [5, 5.41) is 4.85. The largest absolute Gasteiger partial charge is 0.478 e. The maximum atomic E-state index is 5.28. The van der Waals surface area contributed by atoms with Crippen LogP contribution < -0.4 is 10.1 Å². The SMILES string of the molecule is COc1nccnc1NC1CCN(Cc2cn(C)c3ccccc23)CC1. The fourth-order valence-corrected chi connectivity index (χ4v) is 3.79. The molecule has 3 aromatic rings. The molecule has 1 fully saturated rings. The summed E-state index contributed by atoms with van der Waals surface area (Å²) in [6.07, 6.45) is 7.78. The first kappa shape index (κ1) is 16.8. The van der Waals surface area contributed by atoms with Crippen LogP contribution in [0.1, 0.15) is 18.4 Å². The second-order valence-electron chi connectivity index (χ2n) is 6.89. The van der Waals surface area contributed by atoms with Crippen LogP contribution in [0, 0.1) is 0 Å². The zero-order valence-corrected chi connectivity index (χ0v) is 15.4. The summed E-state index contributed by atoms with van der Waals surface area (Å²) >= 11 is 0. The van der Waals surface area contributed by atoms with Crippen molar-refractivity contribution in [2.45, 2.75) is 25.4 Å². The average Bonchev–Trinajstić information content (AvgIpc) is 3.00. The molecule has 0 aliphatic carbocycles. The molecule has 1 N–H and O–H groups in total. The molecule has 6 nitrogen and oxygen atoms in total. The van der Waals surface area contributed by atoms with Crippen LogP contribution in [0.25, 0.3) is 10.9 Å². The molecule has 0 atom stereocenters. The molecule has 0 bridgehead atoms. The zero-order valence-electron chi connectivity index (χ0n) is 15.4. The van der Waals surface area contributed by atoms with Crippen molar-refractivity contribution < 1.29 is 4.74 Å². The van der Waals surface area contributed by atoms with Crippen LogP contribution in [0.15, 0.2) is 42.9 Å². The minimum Gasteiger partial charge on any atom is -0.478 e. The minimum atomic E-state index is 0.407. The first-order valence-corrected chi connectivity index (χ1v) is 9.11. The molecular formula is C20H25N5O. The van der Waals surface area contributed by atoms with Crippen molar-refractivity contribution in [3.05, 3.63) is 48.4 Å². The molecule has 1 aliphatic heterocycles. The van der Waals surface area contributed by atoms with E-state index >= 15 is 0 Å². The number of nitrogens with zero attached hydrogens (tertiary/aromatic N) is 4. The maximum Gasteiger partial charge on any atom is 0.257 e. The standard InChI is InChI=1S/C20H25N5O/c1-24-13-15(17-5-3-4-6-18(17)24)14-25-11-7-16(8-12-25)23-19-20(26-2)22-10-9-21-19/h3-6,9-10,13,16H,7-8,11-12,14H2,1-2H3,(H,21,23). The van der Waals surface area contributed by atoms with Gasteiger partial charge in [0.05, 0.1) is 7.11 Å². The van der Waals surface area contributed by atoms with Crippen LogP contribution in [0.3, 0.4) is 0 Å². The van der Waals surface area contributed by atoms with E-state index < -0.39 is 0 Å². The Hall–Kier alpha value is -2.60. The van der Waals surface area contributed by atoms with Gasteiger partial charge < -0.3 is 14.6 Å². The van der Waals surface area contributed by atoms with Crippen molar-refractivity contribution in [1.82, 2.24) is 19.4 Å². The normalized spacial score (nSPS) is 16.1. The van der Waals surface area contributed by atoms with Gasteiger partial charge >= 0.3 is 0 Å². The van der Waals surface area contributed by atoms with Crippen molar-refractivity contribution in [3.8, 4) is 5.88 Å². The number of hydrogen-bond donors (Lipinski definition) is 1. The molecule has 4 rings (SSSR count). The predicted octanol–water partition coefficient (Wildman–Crippen LogP) is 3.05. The molecule has 0 unspecified atom stereocenters. The molecule has 1 aliphatic rings. The van der Waals surface area contributed by atoms with E-state index in [1.807, 2.05) is 0 Å². The Bertz CT molecular complexity index is 883. The van der Waals surface area contributed by atoms with Gasteiger partial charge in [0.2, 0.25) is 0 Å². The van der Waals surface area contributed by atoms with Crippen molar-refractivity contribution in [2.24, 2.45) is 7.05 Å². The van der Waals surface area contributed by atoms with Gasteiger partial charge in [-0.15, -0.1) is 0 Å². The van der Waals surface area contributed by atoms with Gasteiger partial charge in [-0.1, -0.05) is 18.2 Å². The topological polar surface area (TPSA) is 55.2 Å². The van der Waals surface area contributed by atoms with Gasteiger partial charge in [0.1, 0.15) is 0 Å². The lowest BCUT2D eigenvalue weighted by molar-refractivity contribution is 0.211. The molecule has 3 heterocycles. The molecule has 0 amide bonds. The molecule has 1 aromatic carbocycles. The van der Waals surface area contributed by atoms with Gasteiger partial charge in [-0.25, -0.2) is 9.97 Å². The summed E-state index contributed by atoms with van der Waals surface area (Å²) in [7, 11) is 3.75. The van der Waals surface area contributed by atoms with Gasteiger partial charge in [0.15, 0.2) is 5.82 Å². The summed E-state index contributed by atoms with van der Waals surface area (Å²) < 4.78 is 7.50. The smallest absolute Gasteiger partial charge is 0.257 e. The monoisotopic (exact) mass is 351 g/mol. The highest BCUT2D eigenvalue weighted by molar-refractivity contribution is 5.83. The lowest BCUT2D eigenvalue weighted by Crippen LogP contribution is -2.38.